The van der Waals surface area contributed by atoms with Gasteiger partial charge in [-0.25, -0.2) is 0 Å². The standard InChI is InChI=1S/C11H16N6S/c1-2-5-17-10(6-12)15-16-11(17)18-8-9-7-13-3-4-14-9/h3-4,7H,2,5-6,8,12H2,1H3. The zero-order valence-corrected chi connectivity index (χ0v) is 11.1. The quantitative estimate of drug-likeness (QED) is 0.790. The molecule has 0 atom stereocenters. The fourth-order valence-corrected chi connectivity index (χ4v) is 2.45. The Labute approximate surface area is 110 Å². The summed E-state index contributed by atoms with van der Waals surface area (Å²) in [6.07, 6.45) is 6.15. The van der Waals surface area contributed by atoms with Crippen molar-refractivity contribution in [3.63, 3.8) is 0 Å². The molecule has 0 amide bonds. The number of hydrogen-bond donors (Lipinski definition) is 1. The molecule has 0 aliphatic rings. The second kappa shape index (κ2) is 6.46. The summed E-state index contributed by atoms with van der Waals surface area (Å²) in [6, 6.07) is 0. The number of nitrogens with zero attached hydrogens (tertiary/aromatic N) is 5. The van der Waals surface area contributed by atoms with Gasteiger partial charge in [0, 0.05) is 30.9 Å². The summed E-state index contributed by atoms with van der Waals surface area (Å²) in [5.74, 6) is 1.57. The van der Waals surface area contributed by atoms with Gasteiger partial charge in [0.1, 0.15) is 5.82 Å². The summed E-state index contributed by atoms with van der Waals surface area (Å²) in [5, 5.41) is 9.16. The van der Waals surface area contributed by atoms with E-state index in [4.69, 9.17) is 5.73 Å². The molecular formula is C11H16N6S. The van der Waals surface area contributed by atoms with Gasteiger partial charge in [0.05, 0.1) is 12.2 Å². The topological polar surface area (TPSA) is 82.5 Å². The number of hydrogen-bond acceptors (Lipinski definition) is 6. The van der Waals surface area contributed by atoms with E-state index < -0.39 is 0 Å². The smallest absolute Gasteiger partial charge is 0.191 e. The maximum absolute atomic E-state index is 5.65. The molecule has 18 heavy (non-hydrogen) atoms. The first-order valence-corrected chi connectivity index (χ1v) is 6.83. The lowest BCUT2D eigenvalue weighted by molar-refractivity contribution is 0.592. The second-order valence-electron chi connectivity index (χ2n) is 3.74. The number of rotatable bonds is 6. The molecule has 96 valence electrons. The lowest BCUT2D eigenvalue weighted by Gasteiger charge is -2.06. The minimum atomic E-state index is 0.415. The van der Waals surface area contributed by atoms with E-state index in [0.717, 1.165) is 35.4 Å². The monoisotopic (exact) mass is 264 g/mol. The summed E-state index contributed by atoms with van der Waals surface area (Å²) in [4.78, 5) is 8.27. The van der Waals surface area contributed by atoms with Gasteiger partial charge in [-0.2, -0.15) is 0 Å². The molecule has 0 aliphatic heterocycles. The van der Waals surface area contributed by atoms with Crippen molar-refractivity contribution in [2.75, 3.05) is 0 Å². The molecule has 0 saturated carbocycles. The van der Waals surface area contributed by atoms with Crippen LogP contribution in [-0.4, -0.2) is 24.7 Å². The number of nitrogens with two attached hydrogens (primary N) is 1. The van der Waals surface area contributed by atoms with Crippen molar-refractivity contribution in [3.8, 4) is 0 Å². The average Bonchev–Trinajstić information content (AvgIpc) is 2.80. The van der Waals surface area contributed by atoms with Crippen LogP contribution in [0.3, 0.4) is 0 Å². The van der Waals surface area contributed by atoms with Gasteiger partial charge >= 0.3 is 0 Å². The van der Waals surface area contributed by atoms with Crippen LogP contribution in [0, 0.1) is 0 Å². The van der Waals surface area contributed by atoms with Gasteiger partial charge in [-0.05, 0) is 6.42 Å². The van der Waals surface area contributed by atoms with Crippen molar-refractivity contribution in [1.82, 2.24) is 24.7 Å². The van der Waals surface area contributed by atoms with Crippen LogP contribution in [0.25, 0.3) is 0 Å². The summed E-state index contributed by atoms with van der Waals surface area (Å²) in [7, 11) is 0. The largest absolute Gasteiger partial charge is 0.324 e. The Bertz CT molecular complexity index is 484. The average molecular weight is 264 g/mol. The SMILES string of the molecule is CCCn1c(CN)nnc1SCc1cnccn1. The van der Waals surface area contributed by atoms with Crippen LogP contribution in [0.1, 0.15) is 24.9 Å². The van der Waals surface area contributed by atoms with Gasteiger partial charge in [-0.15, -0.1) is 10.2 Å². The van der Waals surface area contributed by atoms with Crippen LogP contribution in [0.15, 0.2) is 23.7 Å². The molecule has 0 bridgehead atoms. The van der Waals surface area contributed by atoms with E-state index in [1.807, 2.05) is 0 Å². The second-order valence-corrected chi connectivity index (χ2v) is 4.68. The van der Waals surface area contributed by atoms with Crippen molar-refractivity contribution in [3.05, 3.63) is 30.1 Å². The zero-order chi connectivity index (χ0) is 12.8. The predicted molar refractivity (Wildman–Crippen MR) is 69.8 cm³/mol. The minimum Gasteiger partial charge on any atom is -0.324 e. The van der Waals surface area contributed by atoms with E-state index in [1.54, 1.807) is 30.4 Å². The van der Waals surface area contributed by atoms with E-state index in [2.05, 4.69) is 31.7 Å². The highest BCUT2D eigenvalue weighted by molar-refractivity contribution is 7.98. The van der Waals surface area contributed by atoms with Crippen LogP contribution < -0.4 is 5.73 Å². The Morgan fingerprint density at radius 3 is 2.89 bits per heavy atom. The molecule has 0 aliphatic carbocycles. The first-order valence-electron chi connectivity index (χ1n) is 5.85. The van der Waals surface area contributed by atoms with Crippen LogP contribution >= 0.6 is 11.8 Å². The minimum absolute atomic E-state index is 0.415. The van der Waals surface area contributed by atoms with Crippen molar-refractivity contribution in [2.24, 2.45) is 5.73 Å². The lowest BCUT2D eigenvalue weighted by Crippen LogP contribution is -2.09. The van der Waals surface area contributed by atoms with Gasteiger partial charge < -0.3 is 10.3 Å². The van der Waals surface area contributed by atoms with E-state index in [0.29, 0.717) is 6.54 Å². The van der Waals surface area contributed by atoms with Gasteiger partial charge in [0.2, 0.25) is 0 Å². The summed E-state index contributed by atoms with van der Waals surface area (Å²) < 4.78 is 2.07. The summed E-state index contributed by atoms with van der Waals surface area (Å²) >= 11 is 1.61. The van der Waals surface area contributed by atoms with E-state index in [1.165, 1.54) is 0 Å². The molecule has 0 spiro atoms. The van der Waals surface area contributed by atoms with Crippen molar-refractivity contribution >= 4 is 11.8 Å². The molecule has 2 aromatic heterocycles. The van der Waals surface area contributed by atoms with Gasteiger partial charge in [-0.3, -0.25) is 9.97 Å². The van der Waals surface area contributed by atoms with E-state index in [-0.39, 0.29) is 0 Å². The Morgan fingerprint density at radius 1 is 1.33 bits per heavy atom. The molecule has 7 heteroatoms. The molecule has 0 fully saturated rings. The third-order valence-corrected chi connectivity index (χ3v) is 3.39. The molecule has 2 rings (SSSR count). The Hall–Kier alpha value is -1.47. The van der Waals surface area contributed by atoms with Crippen LogP contribution in [-0.2, 0) is 18.8 Å². The van der Waals surface area contributed by atoms with Crippen molar-refractivity contribution in [2.45, 2.75) is 37.3 Å². The normalized spacial score (nSPS) is 10.8. The molecular weight excluding hydrogens is 248 g/mol. The van der Waals surface area contributed by atoms with E-state index >= 15 is 0 Å². The fraction of sp³-hybridized carbons (Fsp3) is 0.455. The predicted octanol–water partition coefficient (Wildman–Crippen LogP) is 1.23. The highest BCUT2D eigenvalue weighted by Crippen LogP contribution is 2.20. The highest BCUT2D eigenvalue weighted by Gasteiger charge is 2.10. The molecule has 0 radical (unpaired) electrons. The maximum atomic E-state index is 5.65. The molecule has 2 heterocycles. The Morgan fingerprint density at radius 2 is 2.22 bits per heavy atom. The van der Waals surface area contributed by atoms with Crippen LogP contribution in [0.4, 0.5) is 0 Å². The Kier molecular flexibility index (Phi) is 4.66. The summed E-state index contributed by atoms with van der Waals surface area (Å²) in [6.45, 7) is 3.43. The van der Waals surface area contributed by atoms with E-state index in [9.17, 15) is 0 Å². The molecule has 2 N–H and O–H groups in total. The first-order chi connectivity index (χ1) is 8.85. The van der Waals surface area contributed by atoms with Crippen LogP contribution in [0.5, 0.6) is 0 Å². The molecule has 2 aromatic rings. The van der Waals surface area contributed by atoms with Gasteiger partial charge in [0.15, 0.2) is 5.16 Å². The van der Waals surface area contributed by atoms with Gasteiger partial charge in [0.25, 0.3) is 0 Å². The molecule has 6 nitrogen and oxygen atoms in total. The van der Waals surface area contributed by atoms with Crippen LogP contribution in [0.2, 0.25) is 0 Å². The number of aromatic nitrogens is 5. The Balaban J connectivity index is 2.07. The third kappa shape index (κ3) is 3.05. The third-order valence-electron chi connectivity index (χ3n) is 2.39. The van der Waals surface area contributed by atoms with Crippen molar-refractivity contribution in [1.29, 1.82) is 0 Å². The molecule has 0 unspecified atom stereocenters. The molecule has 0 saturated heterocycles. The van der Waals surface area contributed by atoms with Gasteiger partial charge in [-0.1, -0.05) is 18.7 Å². The molecule has 0 aromatic carbocycles. The number of thioether (sulfide) groups is 1. The summed E-state index contributed by atoms with van der Waals surface area (Å²) in [5.41, 5.74) is 6.58. The highest BCUT2D eigenvalue weighted by atomic mass is 32.2. The van der Waals surface area contributed by atoms with Crippen molar-refractivity contribution < 1.29 is 0 Å². The lowest BCUT2D eigenvalue weighted by atomic mass is 10.4. The maximum Gasteiger partial charge on any atom is 0.191 e. The zero-order valence-electron chi connectivity index (χ0n) is 10.3. The first kappa shape index (κ1) is 13.0. The fourth-order valence-electron chi connectivity index (χ4n) is 1.57.